The second-order valence-corrected chi connectivity index (χ2v) is 6.42. The Morgan fingerprint density at radius 2 is 1.77 bits per heavy atom. The molecule has 0 aliphatic rings. The van der Waals surface area contributed by atoms with Gasteiger partial charge in [0, 0.05) is 6.54 Å². The minimum atomic E-state index is -3.74. The molecule has 0 fully saturated rings. The Balaban J connectivity index is 2.38. The van der Waals surface area contributed by atoms with Crippen molar-refractivity contribution in [1.29, 1.82) is 0 Å². The van der Waals surface area contributed by atoms with Gasteiger partial charge in [0.05, 0.1) is 17.2 Å². The molecule has 0 aliphatic carbocycles. The van der Waals surface area contributed by atoms with Crippen molar-refractivity contribution < 1.29 is 17.5 Å². The summed E-state index contributed by atoms with van der Waals surface area (Å²) in [5.74, 6) is 0.132. The summed E-state index contributed by atoms with van der Waals surface area (Å²) in [6.07, 6.45) is 0. The van der Waals surface area contributed by atoms with E-state index >= 15 is 0 Å². The minimum absolute atomic E-state index is 0.141. The predicted molar refractivity (Wildman–Crippen MR) is 84.2 cm³/mol. The highest BCUT2D eigenvalue weighted by atomic mass is 32.2. The van der Waals surface area contributed by atoms with Crippen molar-refractivity contribution in [3.05, 3.63) is 54.3 Å². The first-order valence-corrected chi connectivity index (χ1v) is 8.44. The van der Waals surface area contributed by atoms with Gasteiger partial charge >= 0.3 is 0 Å². The molecule has 2 aromatic carbocycles. The van der Waals surface area contributed by atoms with Crippen molar-refractivity contribution in [1.82, 2.24) is 0 Å². The molecule has 0 aromatic heterocycles. The Bertz CT molecular complexity index is 729. The van der Waals surface area contributed by atoms with Gasteiger partial charge in [-0.15, -0.1) is 0 Å². The van der Waals surface area contributed by atoms with Gasteiger partial charge in [-0.2, -0.15) is 0 Å². The third-order valence-electron chi connectivity index (χ3n) is 3.11. The van der Waals surface area contributed by atoms with Gasteiger partial charge in [-0.25, -0.2) is 12.8 Å². The lowest BCUT2D eigenvalue weighted by Gasteiger charge is -2.23. The number of anilines is 1. The van der Waals surface area contributed by atoms with Crippen molar-refractivity contribution in [2.45, 2.75) is 18.7 Å². The van der Waals surface area contributed by atoms with Crippen molar-refractivity contribution in [2.24, 2.45) is 0 Å². The van der Waals surface area contributed by atoms with Gasteiger partial charge in [0.2, 0.25) is 0 Å². The van der Waals surface area contributed by atoms with Crippen LogP contribution in [0.5, 0.6) is 5.75 Å². The highest BCUT2D eigenvalue weighted by Crippen LogP contribution is 2.25. The van der Waals surface area contributed by atoms with E-state index in [2.05, 4.69) is 0 Å². The molecule has 0 bridgehead atoms. The molecule has 0 heterocycles. The highest BCUT2D eigenvalue weighted by Gasteiger charge is 2.23. The van der Waals surface area contributed by atoms with Crippen LogP contribution in [-0.2, 0) is 10.0 Å². The van der Waals surface area contributed by atoms with Crippen molar-refractivity contribution >= 4 is 15.7 Å². The largest absolute Gasteiger partial charge is 0.494 e. The first-order valence-electron chi connectivity index (χ1n) is 7.00. The standard InChI is InChI=1S/C16H18FNO3S/c1-3-18(14-7-5-6-13(17)12-14)22(19,20)16-10-8-15(9-11-16)21-4-2/h5-12H,3-4H2,1-2H3. The number of sulfonamides is 1. The van der Waals surface area contributed by atoms with E-state index in [0.717, 1.165) is 0 Å². The number of ether oxygens (including phenoxy) is 1. The molecule has 2 rings (SSSR count). The van der Waals surface area contributed by atoms with Gasteiger partial charge in [-0.3, -0.25) is 4.31 Å². The summed E-state index contributed by atoms with van der Waals surface area (Å²) in [5.41, 5.74) is 0.302. The summed E-state index contributed by atoms with van der Waals surface area (Å²) in [5, 5.41) is 0. The molecule has 2 aromatic rings. The van der Waals surface area contributed by atoms with Crippen LogP contribution < -0.4 is 9.04 Å². The summed E-state index contributed by atoms with van der Waals surface area (Å²) >= 11 is 0. The van der Waals surface area contributed by atoms with Gasteiger partial charge < -0.3 is 4.74 Å². The van der Waals surface area contributed by atoms with Gasteiger partial charge in [-0.05, 0) is 56.3 Å². The van der Waals surface area contributed by atoms with Crippen molar-refractivity contribution in [3.8, 4) is 5.75 Å². The van der Waals surface area contributed by atoms with Crippen LogP contribution >= 0.6 is 0 Å². The second-order valence-electron chi connectivity index (χ2n) is 4.55. The molecule has 0 saturated heterocycles. The van der Waals surface area contributed by atoms with Gasteiger partial charge in [0.1, 0.15) is 11.6 Å². The normalized spacial score (nSPS) is 11.2. The predicted octanol–water partition coefficient (Wildman–Crippen LogP) is 3.44. The fourth-order valence-electron chi connectivity index (χ4n) is 2.12. The summed E-state index contributed by atoms with van der Waals surface area (Å²) in [4.78, 5) is 0.141. The Kier molecular flexibility index (Phi) is 5.03. The summed E-state index contributed by atoms with van der Waals surface area (Å²) in [7, 11) is -3.74. The minimum Gasteiger partial charge on any atom is -0.494 e. The van der Waals surface area contributed by atoms with Gasteiger partial charge in [-0.1, -0.05) is 6.07 Å². The van der Waals surface area contributed by atoms with Crippen LogP contribution in [0.3, 0.4) is 0 Å². The smallest absolute Gasteiger partial charge is 0.264 e. The molecule has 4 nitrogen and oxygen atoms in total. The van der Waals surface area contributed by atoms with E-state index in [-0.39, 0.29) is 11.4 Å². The maximum Gasteiger partial charge on any atom is 0.264 e. The summed E-state index contributed by atoms with van der Waals surface area (Å²) in [6, 6.07) is 11.7. The lowest BCUT2D eigenvalue weighted by atomic mass is 10.3. The molecule has 0 spiro atoms. The summed E-state index contributed by atoms with van der Waals surface area (Å²) in [6.45, 7) is 4.28. The van der Waals surface area contributed by atoms with Crippen LogP contribution in [0.1, 0.15) is 13.8 Å². The third-order valence-corrected chi connectivity index (χ3v) is 5.02. The lowest BCUT2D eigenvalue weighted by molar-refractivity contribution is 0.340. The molecule has 0 N–H and O–H groups in total. The molecular formula is C16H18FNO3S. The second kappa shape index (κ2) is 6.79. The molecule has 0 unspecified atom stereocenters. The van der Waals surface area contributed by atoms with E-state index in [1.807, 2.05) is 6.92 Å². The van der Waals surface area contributed by atoms with Gasteiger partial charge in [0.15, 0.2) is 0 Å². The number of hydrogen-bond acceptors (Lipinski definition) is 3. The Morgan fingerprint density at radius 1 is 1.09 bits per heavy atom. The van der Waals surface area contributed by atoms with Crippen LogP contribution in [0.25, 0.3) is 0 Å². The zero-order chi connectivity index (χ0) is 16.2. The lowest BCUT2D eigenvalue weighted by Crippen LogP contribution is -2.30. The molecule has 0 atom stereocenters. The number of nitrogens with zero attached hydrogens (tertiary/aromatic N) is 1. The Morgan fingerprint density at radius 3 is 2.32 bits per heavy atom. The SMILES string of the molecule is CCOc1ccc(S(=O)(=O)N(CC)c2cccc(F)c2)cc1. The van der Waals surface area contributed by atoms with Crippen molar-refractivity contribution in [2.75, 3.05) is 17.5 Å². The zero-order valence-corrected chi connectivity index (χ0v) is 13.3. The number of halogens is 1. The molecule has 118 valence electrons. The first kappa shape index (κ1) is 16.3. The van der Waals surface area contributed by atoms with E-state index in [9.17, 15) is 12.8 Å². The van der Waals surface area contributed by atoms with E-state index < -0.39 is 15.8 Å². The van der Waals surface area contributed by atoms with Crippen molar-refractivity contribution in [3.63, 3.8) is 0 Å². The average molecular weight is 323 g/mol. The van der Waals surface area contributed by atoms with E-state index in [1.165, 1.54) is 34.6 Å². The summed E-state index contributed by atoms with van der Waals surface area (Å²) < 4.78 is 45.2. The van der Waals surface area contributed by atoms with E-state index in [0.29, 0.717) is 18.0 Å². The molecule has 0 saturated carbocycles. The number of rotatable bonds is 6. The van der Waals surface area contributed by atoms with Crippen LogP contribution in [0.2, 0.25) is 0 Å². The molecule has 0 radical (unpaired) electrons. The van der Waals surface area contributed by atoms with Crippen LogP contribution in [0.4, 0.5) is 10.1 Å². The third kappa shape index (κ3) is 3.39. The maximum absolute atomic E-state index is 13.4. The highest BCUT2D eigenvalue weighted by molar-refractivity contribution is 7.92. The van der Waals surface area contributed by atoms with Gasteiger partial charge in [0.25, 0.3) is 10.0 Å². The monoisotopic (exact) mass is 323 g/mol. The zero-order valence-electron chi connectivity index (χ0n) is 12.5. The maximum atomic E-state index is 13.4. The fraction of sp³-hybridized carbons (Fsp3) is 0.250. The molecule has 22 heavy (non-hydrogen) atoms. The van der Waals surface area contributed by atoms with E-state index in [1.54, 1.807) is 25.1 Å². The molecule has 6 heteroatoms. The topological polar surface area (TPSA) is 46.6 Å². The van der Waals surface area contributed by atoms with Crippen LogP contribution in [-0.4, -0.2) is 21.6 Å². The molecule has 0 aliphatic heterocycles. The first-order chi connectivity index (χ1) is 10.5. The van der Waals surface area contributed by atoms with E-state index in [4.69, 9.17) is 4.74 Å². The average Bonchev–Trinajstić information content (AvgIpc) is 2.49. The van der Waals surface area contributed by atoms with Crippen LogP contribution in [0.15, 0.2) is 53.4 Å². The fourth-order valence-corrected chi connectivity index (χ4v) is 3.59. The Hall–Kier alpha value is -2.08. The quantitative estimate of drug-likeness (QED) is 0.818. The Labute approximate surface area is 130 Å². The molecular weight excluding hydrogens is 305 g/mol. The van der Waals surface area contributed by atoms with Crippen LogP contribution in [0, 0.1) is 5.82 Å². The number of benzene rings is 2. The molecule has 0 amide bonds. The number of hydrogen-bond donors (Lipinski definition) is 0.